The molecule has 0 aliphatic carbocycles. The van der Waals surface area contributed by atoms with Crippen molar-refractivity contribution >= 4 is 17.5 Å². The molecule has 2 aliphatic heterocycles. The van der Waals surface area contributed by atoms with Crippen LogP contribution in [0.2, 0.25) is 0 Å². The van der Waals surface area contributed by atoms with Crippen LogP contribution in [0.15, 0.2) is 0 Å². The number of carbonyl (C=O) groups excluding carboxylic acids is 3. The summed E-state index contributed by atoms with van der Waals surface area (Å²) in [6.45, 7) is 13.2. The largest absolute Gasteiger partial charge is 0.461 e. The fourth-order valence-electron chi connectivity index (χ4n) is 4.20. The van der Waals surface area contributed by atoms with Gasteiger partial charge < -0.3 is 9.47 Å². The van der Waals surface area contributed by atoms with Gasteiger partial charge in [0, 0.05) is 12.8 Å². The summed E-state index contributed by atoms with van der Waals surface area (Å²) >= 11 is 0. The van der Waals surface area contributed by atoms with E-state index in [0.717, 1.165) is 0 Å². The first-order chi connectivity index (χ1) is 11.9. The Morgan fingerprint density at radius 1 is 0.962 bits per heavy atom. The molecule has 2 aliphatic rings. The predicted molar refractivity (Wildman–Crippen MR) is 98.6 cm³/mol. The lowest BCUT2D eigenvalue weighted by molar-refractivity contribution is -0.164. The number of hydrogen-bond donors (Lipinski definition) is 0. The van der Waals surface area contributed by atoms with Crippen LogP contribution in [0.5, 0.6) is 0 Å². The Balaban J connectivity index is 2.40. The quantitative estimate of drug-likeness (QED) is 0.662. The number of hydrogen-bond acceptors (Lipinski definition) is 5. The zero-order chi connectivity index (χ0) is 19.9. The maximum Gasteiger partial charge on any atom is 0.309 e. The minimum atomic E-state index is -0.870. The molecular weight excluding hydrogens is 332 g/mol. The molecule has 0 N–H and O–H groups in total. The van der Waals surface area contributed by atoms with Crippen molar-refractivity contribution in [1.82, 2.24) is 0 Å². The molecule has 0 saturated carbocycles. The summed E-state index contributed by atoms with van der Waals surface area (Å²) < 4.78 is 11.9. The highest BCUT2D eigenvalue weighted by atomic mass is 16.5. The van der Waals surface area contributed by atoms with E-state index in [1.807, 2.05) is 41.5 Å². The highest BCUT2D eigenvalue weighted by Gasteiger charge is 2.49. The molecule has 0 aromatic rings. The third-order valence-electron chi connectivity index (χ3n) is 6.62. The highest BCUT2D eigenvalue weighted by Crippen LogP contribution is 2.41. The molecule has 2 heterocycles. The van der Waals surface area contributed by atoms with Gasteiger partial charge in [-0.1, -0.05) is 27.7 Å². The molecule has 0 spiro atoms. The number of fused-ring (bicyclic) bond motifs is 2. The van der Waals surface area contributed by atoms with Crippen LogP contribution in [0.4, 0.5) is 0 Å². The SMILES string of the molecule is CCC1OC(=O)C(C)C(C)CC(=O)C2(C)CC(C)C(CC(=O)C1(C)C)O2. The van der Waals surface area contributed by atoms with Gasteiger partial charge in [-0.3, -0.25) is 14.4 Å². The van der Waals surface area contributed by atoms with Crippen molar-refractivity contribution in [2.75, 3.05) is 0 Å². The molecule has 0 aromatic carbocycles. The average Bonchev–Trinajstić information content (AvgIpc) is 2.85. The van der Waals surface area contributed by atoms with Crippen LogP contribution in [0.1, 0.15) is 74.1 Å². The first-order valence-electron chi connectivity index (χ1n) is 9.87. The second-order valence-electron chi connectivity index (χ2n) is 9.14. The molecule has 0 amide bonds. The highest BCUT2D eigenvalue weighted by molar-refractivity contribution is 5.89. The van der Waals surface area contributed by atoms with Crippen molar-refractivity contribution in [3.05, 3.63) is 0 Å². The van der Waals surface area contributed by atoms with Crippen LogP contribution in [0.3, 0.4) is 0 Å². The lowest BCUT2D eigenvalue weighted by Crippen LogP contribution is -2.42. The number of ether oxygens (including phenoxy) is 2. The van der Waals surface area contributed by atoms with Gasteiger partial charge in [-0.15, -0.1) is 0 Å². The summed E-state index contributed by atoms with van der Waals surface area (Å²) in [7, 11) is 0. The standard InChI is InChI=1S/C21H34O5/c1-8-18-20(5,6)16(22)10-15-13(3)11-21(7,26-15)17(23)9-12(2)14(4)19(24)25-18/h12-15,18H,8-11H2,1-7H3. The molecule has 6 unspecified atom stereocenters. The van der Waals surface area contributed by atoms with Crippen LogP contribution >= 0.6 is 0 Å². The average molecular weight is 366 g/mol. The van der Waals surface area contributed by atoms with E-state index in [4.69, 9.17) is 9.47 Å². The van der Waals surface area contributed by atoms with Crippen molar-refractivity contribution in [2.24, 2.45) is 23.2 Å². The zero-order valence-electron chi connectivity index (χ0n) is 17.3. The van der Waals surface area contributed by atoms with Gasteiger partial charge in [0.25, 0.3) is 0 Å². The Bertz CT molecular complexity index is 581. The van der Waals surface area contributed by atoms with Crippen LogP contribution in [-0.4, -0.2) is 35.3 Å². The van der Waals surface area contributed by atoms with E-state index in [1.54, 1.807) is 6.92 Å². The summed E-state index contributed by atoms with van der Waals surface area (Å²) in [5.74, 6) is -0.703. The molecule has 26 heavy (non-hydrogen) atoms. The van der Waals surface area contributed by atoms with E-state index in [9.17, 15) is 14.4 Å². The first-order valence-corrected chi connectivity index (χ1v) is 9.87. The summed E-state index contributed by atoms with van der Waals surface area (Å²) in [5, 5.41) is 0. The molecule has 5 nitrogen and oxygen atoms in total. The molecule has 148 valence electrons. The summed E-state index contributed by atoms with van der Waals surface area (Å²) in [6, 6.07) is 0. The van der Waals surface area contributed by atoms with Crippen molar-refractivity contribution in [1.29, 1.82) is 0 Å². The Morgan fingerprint density at radius 2 is 1.58 bits per heavy atom. The predicted octanol–water partition coefficient (Wildman–Crippen LogP) is 3.72. The third kappa shape index (κ3) is 3.88. The van der Waals surface area contributed by atoms with Gasteiger partial charge in [0.15, 0.2) is 5.78 Å². The third-order valence-corrected chi connectivity index (χ3v) is 6.62. The van der Waals surface area contributed by atoms with Crippen molar-refractivity contribution in [2.45, 2.75) is 92.0 Å². The molecule has 2 bridgehead atoms. The van der Waals surface area contributed by atoms with Gasteiger partial charge in [-0.2, -0.15) is 0 Å². The summed E-state index contributed by atoms with van der Waals surface area (Å²) in [4.78, 5) is 38.5. The Hall–Kier alpha value is -1.23. The molecule has 6 atom stereocenters. The van der Waals surface area contributed by atoms with Crippen LogP contribution in [-0.2, 0) is 23.9 Å². The Morgan fingerprint density at radius 3 is 2.15 bits per heavy atom. The molecule has 2 saturated heterocycles. The lowest BCUT2D eigenvalue weighted by atomic mass is 9.77. The molecule has 5 heteroatoms. The zero-order valence-corrected chi connectivity index (χ0v) is 17.3. The fraction of sp³-hybridized carbons (Fsp3) is 0.857. The van der Waals surface area contributed by atoms with Crippen LogP contribution in [0, 0.1) is 23.2 Å². The second-order valence-corrected chi connectivity index (χ2v) is 9.14. The topological polar surface area (TPSA) is 69.7 Å². The second kappa shape index (κ2) is 7.41. The van der Waals surface area contributed by atoms with Gasteiger partial charge in [0.2, 0.25) is 0 Å². The molecule has 2 rings (SSSR count). The monoisotopic (exact) mass is 366 g/mol. The van der Waals surface area contributed by atoms with Crippen molar-refractivity contribution in [3.63, 3.8) is 0 Å². The molecule has 0 radical (unpaired) electrons. The Labute approximate surface area is 157 Å². The number of Topliss-reactive ketones (excluding diaryl/α,β-unsaturated/α-hetero) is 2. The van der Waals surface area contributed by atoms with Gasteiger partial charge in [0.05, 0.1) is 17.4 Å². The first kappa shape index (κ1) is 21.1. The number of rotatable bonds is 1. The lowest BCUT2D eigenvalue weighted by Gasteiger charge is -2.34. The van der Waals surface area contributed by atoms with Crippen LogP contribution < -0.4 is 0 Å². The minimum Gasteiger partial charge on any atom is -0.461 e. The fourth-order valence-corrected chi connectivity index (χ4v) is 4.20. The number of carbonyl (C=O) groups is 3. The maximum atomic E-state index is 13.0. The number of cyclic esters (lactones) is 1. The van der Waals surface area contributed by atoms with E-state index in [1.165, 1.54) is 0 Å². The smallest absolute Gasteiger partial charge is 0.309 e. The van der Waals surface area contributed by atoms with Crippen molar-refractivity contribution in [3.8, 4) is 0 Å². The van der Waals surface area contributed by atoms with E-state index >= 15 is 0 Å². The summed E-state index contributed by atoms with van der Waals surface area (Å²) in [6.07, 6.45) is 0.974. The minimum absolute atomic E-state index is 0.0111. The van der Waals surface area contributed by atoms with E-state index in [0.29, 0.717) is 12.8 Å². The van der Waals surface area contributed by atoms with Crippen molar-refractivity contribution < 1.29 is 23.9 Å². The molecule has 2 fully saturated rings. The van der Waals surface area contributed by atoms with Crippen LogP contribution in [0.25, 0.3) is 0 Å². The Kier molecular flexibility index (Phi) is 6.01. The van der Waals surface area contributed by atoms with E-state index in [-0.39, 0.29) is 48.3 Å². The van der Waals surface area contributed by atoms with Gasteiger partial charge in [-0.25, -0.2) is 0 Å². The number of ketones is 2. The van der Waals surface area contributed by atoms with Gasteiger partial charge in [0.1, 0.15) is 17.5 Å². The normalized spacial score (nSPS) is 41.8. The molecule has 0 aromatic heterocycles. The maximum absolute atomic E-state index is 13.0. The number of esters is 1. The summed E-state index contributed by atoms with van der Waals surface area (Å²) in [5.41, 5.74) is -1.65. The van der Waals surface area contributed by atoms with Gasteiger partial charge >= 0.3 is 5.97 Å². The molecular formula is C21H34O5. The van der Waals surface area contributed by atoms with Gasteiger partial charge in [-0.05, 0) is 45.4 Å². The van der Waals surface area contributed by atoms with E-state index in [2.05, 4.69) is 0 Å². The van der Waals surface area contributed by atoms with E-state index < -0.39 is 23.0 Å².